The predicted molar refractivity (Wildman–Crippen MR) is 98.0 cm³/mol. The van der Waals surface area contributed by atoms with Gasteiger partial charge in [0, 0.05) is 43.3 Å². The third-order valence-corrected chi connectivity index (χ3v) is 4.53. The van der Waals surface area contributed by atoms with E-state index < -0.39 is 0 Å². The average molecular weight is 374 g/mol. The normalized spacial score (nSPS) is 16.8. The Labute approximate surface area is 154 Å². The van der Waals surface area contributed by atoms with Crippen molar-refractivity contribution in [1.82, 2.24) is 20.3 Å². The molecule has 8 heteroatoms. The molecule has 1 atom stereocenters. The maximum Gasteiger partial charge on any atom is 0.164 e. The number of fused-ring (bicyclic) bond motifs is 1. The van der Waals surface area contributed by atoms with Gasteiger partial charge in [-0.3, -0.25) is 15.0 Å². The summed E-state index contributed by atoms with van der Waals surface area (Å²) in [6, 6.07) is 3.07. The van der Waals surface area contributed by atoms with Crippen molar-refractivity contribution >= 4 is 28.3 Å². The molecular formula is C18H17ClFN5O. The highest BCUT2D eigenvalue weighted by atomic mass is 35.5. The van der Waals surface area contributed by atoms with Crippen molar-refractivity contribution in [1.29, 1.82) is 0 Å². The molecule has 1 saturated heterocycles. The molecule has 4 rings (SSSR count). The Balaban J connectivity index is 1.56. The van der Waals surface area contributed by atoms with Crippen LogP contribution in [-0.4, -0.2) is 34.1 Å². The monoisotopic (exact) mass is 373 g/mol. The van der Waals surface area contributed by atoms with Crippen LogP contribution in [0.3, 0.4) is 0 Å². The summed E-state index contributed by atoms with van der Waals surface area (Å²) >= 11 is 6.26. The maximum absolute atomic E-state index is 14.3. The first-order chi connectivity index (χ1) is 12.7. The van der Waals surface area contributed by atoms with Gasteiger partial charge in [-0.25, -0.2) is 4.39 Å². The average Bonchev–Trinajstić information content (AvgIpc) is 3.15. The number of ether oxygens (including phenoxy) is 1. The number of hydrogen-bond acceptors (Lipinski definition) is 6. The molecule has 0 radical (unpaired) electrons. The number of nitrogens with one attached hydrogen (secondary N) is 2. The summed E-state index contributed by atoms with van der Waals surface area (Å²) in [7, 11) is 0. The van der Waals surface area contributed by atoms with Crippen LogP contribution in [0.2, 0.25) is 5.02 Å². The minimum Gasteiger partial charge on any atom is -0.485 e. The number of pyridine rings is 1. The van der Waals surface area contributed by atoms with Crippen molar-refractivity contribution in [3.8, 4) is 5.75 Å². The first-order valence-corrected chi connectivity index (χ1v) is 8.72. The fourth-order valence-corrected chi connectivity index (χ4v) is 3.12. The Morgan fingerprint density at radius 3 is 2.81 bits per heavy atom. The van der Waals surface area contributed by atoms with Crippen LogP contribution in [-0.2, 0) is 6.54 Å². The smallest absolute Gasteiger partial charge is 0.164 e. The van der Waals surface area contributed by atoms with E-state index in [-0.39, 0.29) is 18.5 Å². The first-order valence-electron chi connectivity index (χ1n) is 8.34. The highest BCUT2D eigenvalue weighted by molar-refractivity contribution is 6.32. The Morgan fingerprint density at radius 2 is 2.04 bits per heavy atom. The van der Waals surface area contributed by atoms with E-state index in [2.05, 4.69) is 25.6 Å². The number of anilines is 1. The maximum atomic E-state index is 14.3. The number of benzene rings is 1. The van der Waals surface area contributed by atoms with Crippen molar-refractivity contribution in [2.75, 3.05) is 18.4 Å². The van der Waals surface area contributed by atoms with Gasteiger partial charge in [-0.05, 0) is 19.0 Å². The van der Waals surface area contributed by atoms with Gasteiger partial charge in [-0.1, -0.05) is 11.6 Å². The van der Waals surface area contributed by atoms with Crippen LogP contribution in [0.1, 0.15) is 12.0 Å². The number of rotatable bonds is 5. The summed E-state index contributed by atoms with van der Waals surface area (Å²) in [5.74, 6) is 0.194. The van der Waals surface area contributed by atoms with Gasteiger partial charge in [0.15, 0.2) is 5.75 Å². The Kier molecular flexibility index (Phi) is 4.81. The second-order valence-electron chi connectivity index (χ2n) is 6.07. The predicted octanol–water partition coefficient (Wildman–Crippen LogP) is 3.17. The van der Waals surface area contributed by atoms with Crippen molar-refractivity contribution in [3.05, 3.63) is 53.3 Å². The molecule has 0 aliphatic carbocycles. The van der Waals surface area contributed by atoms with Gasteiger partial charge in [0.2, 0.25) is 0 Å². The molecule has 6 nitrogen and oxygen atoms in total. The molecule has 0 bridgehead atoms. The summed E-state index contributed by atoms with van der Waals surface area (Å²) in [5.41, 5.74) is 2.27. The molecule has 1 fully saturated rings. The van der Waals surface area contributed by atoms with Crippen molar-refractivity contribution < 1.29 is 9.13 Å². The molecule has 3 aromatic rings. The number of aromatic nitrogens is 3. The third kappa shape index (κ3) is 3.54. The van der Waals surface area contributed by atoms with Gasteiger partial charge in [-0.15, -0.1) is 0 Å². The van der Waals surface area contributed by atoms with E-state index in [1.54, 1.807) is 24.7 Å². The van der Waals surface area contributed by atoms with E-state index in [1.807, 2.05) is 0 Å². The molecule has 0 amide bonds. The Morgan fingerprint density at radius 1 is 1.23 bits per heavy atom. The SMILES string of the molecule is Fc1cc2nccnc2cc1CNc1cncc(Cl)c1O[C@@H]1CCNC1. The van der Waals surface area contributed by atoms with Crippen LogP contribution in [0.5, 0.6) is 5.75 Å². The van der Waals surface area contributed by atoms with Crippen molar-refractivity contribution in [2.24, 2.45) is 0 Å². The molecule has 26 heavy (non-hydrogen) atoms. The number of nitrogens with zero attached hydrogens (tertiary/aromatic N) is 3. The van der Waals surface area contributed by atoms with Gasteiger partial charge in [0.25, 0.3) is 0 Å². The lowest BCUT2D eigenvalue weighted by molar-refractivity contribution is 0.224. The third-order valence-electron chi connectivity index (χ3n) is 4.26. The zero-order chi connectivity index (χ0) is 17.9. The summed E-state index contributed by atoms with van der Waals surface area (Å²) in [5, 5.41) is 6.84. The van der Waals surface area contributed by atoms with Crippen LogP contribution in [0.15, 0.2) is 36.9 Å². The quantitative estimate of drug-likeness (QED) is 0.715. The standard InChI is InChI=1S/C18H17ClFN5O/c19-13-9-22-10-17(18(13)26-12-1-2-21-8-12)25-7-11-5-15-16(6-14(11)20)24-4-3-23-15/h3-6,9-10,12,21,25H,1-2,7-8H2/t12-/m1/s1. The molecule has 134 valence electrons. The zero-order valence-electron chi connectivity index (χ0n) is 13.9. The summed E-state index contributed by atoms with van der Waals surface area (Å²) in [6.07, 6.45) is 7.26. The summed E-state index contributed by atoms with van der Waals surface area (Å²) in [4.78, 5) is 12.4. The minimum atomic E-state index is -0.344. The topological polar surface area (TPSA) is 72.0 Å². The van der Waals surface area contributed by atoms with Gasteiger partial charge in [0.05, 0.1) is 22.9 Å². The molecule has 0 spiro atoms. The van der Waals surface area contributed by atoms with E-state index in [0.717, 1.165) is 19.5 Å². The molecule has 1 aromatic carbocycles. The van der Waals surface area contributed by atoms with Crippen LogP contribution in [0.4, 0.5) is 10.1 Å². The molecule has 2 N–H and O–H groups in total. The van der Waals surface area contributed by atoms with Crippen LogP contribution < -0.4 is 15.4 Å². The molecule has 2 aromatic heterocycles. The van der Waals surface area contributed by atoms with E-state index >= 15 is 0 Å². The summed E-state index contributed by atoms with van der Waals surface area (Å²) < 4.78 is 20.4. The van der Waals surface area contributed by atoms with Gasteiger partial charge >= 0.3 is 0 Å². The van der Waals surface area contributed by atoms with E-state index in [0.29, 0.717) is 33.1 Å². The highest BCUT2D eigenvalue weighted by Gasteiger charge is 2.20. The highest BCUT2D eigenvalue weighted by Crippen LogP contribution is 2.33. The van der Waals surface area contributed by atoms with Gasteiger partial charge < -0.3 is 15.4 Å². The fourth-order valence-electron chi connectivity index (χ4n) is 2.92. The molecule has 1 aliphatic heterocycles. The van der Waals surface area contributed by atoms with E-state index in [9.17, 15) is 4.39 Å². The van der Waals surface area contributed by atoms with Crippen molar-refractivity contribution in [2.45, 2.75) is 19.1 Å². The molecular weight excluding hydrogens is 357 g/mol. The largest absolute Gasteiger partial charge is 0.485 e. The van der Waals surface area contributed by atoms with Crippen LogP contribution in [0, 0.1) is 5.82 Å². The number of hydrogen-bond donors (Lipinski definition) is 2. The zero-order valence-corrected chi connectivity index (χ0v) is 14.6. The Hall–Kier alpha value is -2.51. The van der Waals surface area contributed by atoms with Gasteiger partial charge in [0.1, 0.15) is 16.9 Å². The second-order valence-corrected chi connectivity index (χ2v) is 6.48. The molecule has 3 heterocycles. The minimum absolute atomic E-state index is 0.0585. The van der Waals surface area contributed by atoms with Crippen LogP contribution in [0.25, 0.3) is 11.0 Å². The fraction of sp³-hybridized carbons (Fsp3) is 0.278. The molecule has 1 aliphatic rings. The lowest BCUT2D eigenvalue weighted by Gasteiger charge is -2.18. The van der Waals surface area contributed by atoms with E-state index in [1.165, 1.54) is 12.3 Å². The van der Waals surface area contributed by atoms with E-state index in [4.69, 9.17) is 16.3 Å². The molecule has 0 unspecified atom stereocenters. The van der Waals surface area contributed by atoms with Gasteiger partial charge in [-0.2, -0.15) is 0 Å². The second kappa shape index (κ2) is 7.39. The van der Waals surface area contributed by atoms with Crippen LogP contribution >= 0.6 is 11.6 Å². The lowest BCUT2D eigenvalue weighted by atomic mass is 10.1. The summed E-state index contributed by atoms with van der Waals surface area (Å²) in [6.45, 7) is 1.94. The van der Waals surface area contributed by atoms with Crippen molar-refractivity contribution in [3.63, 3.8) is 0 Å². The molecule has 0 saturated carbocycles. The Bertz CT molecular complexity index is 933. The number of halogens is 2. The first kappa shape index (κ1) is 16.9. The lowest BCUT2D eigenvalue weighted by Crippen LogP contribution is -2.20.